The predicted molar refractivity (Wildman–Crippen MR) is 76.8 cm³/mol. The van der Waals surface area contributed by atoms with Crippen LogP contribution in [-0.2, 0) is 0 Å². The van der Waals surface area contributed by atoms with Crippen LogP contribution in [0.1, 0.15) is 58.3 Å². The molecular weight excluding hydrogens is 220 g/mol. The van der Waals surface area contributed by atoms with Gasteiger partial charge in [-0.05, 0) is 70.6 Å². The van der Waals surface area contributed by atoms with Crippen LogP contribution >= 0.6 is 0 Å². The van der Waals surface area contributed by atoms with Crippen molar-refractivity contribution >= 4 is 0 Å². The van der Waals surface area contributed by atoms with Gasteiger partial charge in [-0.25, -0.2) is 0 Å². The topological polar surface area (TPSA) is 6.48 Å². The van der Waals surface area contributed by atoms with Crippen LogP contribution in [-0.4, -0.2) is 48.1 Å². The maximum atomic E-state index is 2.94. The minimum Gasteiger partial charge on any atom is -0.303 e. The second kappa shape index (κ2) is 5.92. The Labute approximate surface area is 113 Å². The molecule has 104 valence electrons. The lowest BCUT2D eigenvalue weighted by atomic mass is 9.77. The van der Waals surface area contributed by atoms with E-state index in [1.54, 1.807) is 0 Å². The van der Waals surface area contributed by atoms with Crippen molar-refractivity contribution in [2.45, 2.75) is 70.4 Å². The van der Waals surface area contributed by atoms with E-state index in [4.69, 9.17) is 0 Å². The summed E-state index contributed by atoms with van der Waals surface area (Å²) in [5.41, 5.74) is 0. The average molecular weight is 250 g/mol. The summed E-state index contributed by atoms with van der Waals surface area (Å²) in [6.45, 7) is 7.64. The van der Waals surface area contributed by atoms with Crippen molar-refractivity contribution in [3.63, 3.8) is 0 Å². The molecule has 0 amide bonds. The van der Waals surface area contributed by atoms with Gasteiger partial charge < -0.3 is 4.90 Å². The average Bonchev–Trinajstić information content (AvgIpc) is 2.47. The Morgan fingerprint density at radius 2 is 1.56 bits per heavy atom. The van der Waals surface area contributed by atoms with E-state index in [1.807, 2.05) is 0 Å². The smallest absolute Gasteiger partial charge is 0.0126 e. The molecule has 3 aliphatic rings. The summed E-state index contributed by atoms with van der Waals surface area (Å²) in [6.07, 6.45) is 11.9. The molecule has 1 aliphatic carbocycles. The molecule has 0 aromatic heterocycles. The summed E-state index contributed by atoms with van der Waals surface area (Å²) in [7, 11) is 0. The predicted octanol–water partition coefficient (Wildman–Crippen LogP) is 3.13. The molecule has 2 saturated heterocycles. The molecule has 2 nitrogen and oxygen atoms in total. The fourth-order valence-corrected chi connectivity index (χ4v) is 4.68. The van der Waals surface area contributed by atoms with E-state index >= 15 is 0 Å². The van der Waals surface area contributed by atoms with Gasteiger partial charge in [-0.3, -0.25) is 4.90 Å². The van der Waals surface area contributed by atoms with Gasteiger partial charge in [-0.1, -0.05) is 19.8 Å². The van der Waals surface area contributed by atoms with E-state index < -0.39 is 0 Å². The maximum absolute atomic E-state index is 2.94. The molecule has 3 rings (SSSR count). The van der Waals surface area contributed by atoms with Crippen LogP contribution in [0.5, 0.6) is 0 Å². The normalized spacial score (nSPS) is 36.5. The van der Waals surface area contributed by atoms with Crippen molar-refractivity contribution in [2.75, 3.05) is 26.2 Å². The van der Waals surface area contributed by atoms with E-state index in [1.165, 1.54) is 77.5 Å². The highest BCUT2D eigenvalue weighted by Gasteiger charge is 2.37. The van der Waals surface area contributed by atoms with E-state index in [9.17, 15) is 0 Å². The van der Waals surface area contributed by atoms with Gasteiger partial charge in [0.05, 0.1) is 0 Å². The van der Waals surface area contributed by atoms with E-state index in [-0.39, 0.29) is 0 Å². The maximum Gasteiger partial charge on any atom is 0.0126 e. The molecule has 0 N–H and O–H groups in total. The Morgan fingerprint density at radius 3 is 2.33 bits per heavy atom. The first kappa shape index (κ1) is 12.9. The van der Waals surface area contributed by atoms with Crippen molar-refractivity contribution in [1.29, 1.82) is 0 Å². The molecular formula is C16H30N2. The number of fused-ring (bicyclic) bond motifs is 1. The molecule has 0 spiro atoms. The van der Waals surface area contributed by atoms with Gasteiger partial charge in [0.25, 0.3) is 0 Å². The Morgan fingerprint density at radius 1 is 0.833 bits per heavy atom. The fourth-order valence-electron chi connectivity index (χ4n) is 4.68. The van der Waals surface area contributed by atoms with Crippen LogP contribution < -0.4 is 0 Å². The summed E-state index contributed by atoms with van der Waals surface area (Å²) in [6, 6.07) is 1.88. The minimum atomic E-state index is 0.915. The second-order valence-electron chi connectivity index (χ2n) is 6.66. The fraction of sp³-hybridized carbons (Fsp3) is 1.00. The largest absolute Gasteiger partial charge is 0.303 e. The number of piperidine rings is 2. The van der Waals surface area contributed by atoms with Crippen molar-refractivity contribution in [1.82, 2.24) is 9.80 Å². The summed E-state index contributed by atoms with van der Waals surface area (Å²) in [4.78, 5) is 5.57. The van der Waals surface area contributed by atoms with Gasteiger partial charge in [0.15, 0.2) is 0 Å². The number of hydrogen-bond acceptors (Lipinski definition) is 2. The minimum absolute atomic E-state index is 0.915. The highest BCUT2D eigenvalue weighted by atomic mass is 15.2. The van der Waals surface area contributed by atoms with Crippen LogP contribution in [0.2, 0.25) is 0 Å². The Hall–Kier alpha value is -0.0800. The standard InChI is InChI=1S/C16H30N2/c1-2-17-12-9-15(10-13-17)18-11-5-7-14-6-3-4-8-16(14)18/h14-16H,2-13H2,1H3/t14-,16+/m0/s1. The summed E-state index contributed by atoms with van der Waals surface area (Å²) >= 11 is 0. The monoisotopic (exact) mass is 250 g/mol. The molecule has 0 bridgehead atoms. The van der Waals surface area contributed by atoms with Crippen LogP contribution in [0.15, 0.2) is 0 Å². The van der Waals surface area contributed by atoms with Crippen LogP contribution in [0, 0.1) is 5.92 Å². The summed E-state index contributed by atoms with van der Waals surface area (Å²) in [5.74, 6) is 1.05. The van der Waals surface area contributed by atoms with Crippen molar-refractivity contribution in [2.24, 2.45) is 5.92 Å². The third-order valence-electron chi connectivity index (χ3n) is 5.76. The van der Waals surface area contributed by atoms with E-state index in [0.717, 1.165) is 18.0 Å². The first-order valence-corrected chi connectivity index (χ1v) is 8.36. The quantitative estimate of drug-likeness (QED) is 0.743. The summed E-state index contributed by atoms with van der Waals surface area (Å²) < 4.78 is 0. The zero-order chi connectivity index (χ0) is 12.4. The molecule has 2 heterocycles. The molecule has 0 aromatic carbocycles. The molecule has 3 fully saturated rings. The van der Waals surface area contributed by atoms with Gasteiger partial charge in [-0.15, -0.1) is 0 Å². The number of likely N-dealkylation sites (tertiary alicyclic amines) is 2. The second-order valence-corrected chi connectivity index (χ2v) is 6.66. The third kappa shape index (κ3) is 2.60. The Kier molecular flexibility index (Phi) is 4.25. The molecule has 0 radical (unpaired) electrons. The molecule has 2 atom stereocenters. The third-order valence-corrected chi connectivity index (χ3v) is 5.76. The molecule has 18 heavy (non-hydrogen) atoms. The molecule has 2 aliphatic heterocycles. The summed E-state index contributed by atoms with van der Waals surface area (Å²) in [5, 5.41) is 0. The lowest BCUT2D eigenvalue weighted by molar-refractivity contribution is 0.00264. The lowest BCUT2D eigenvalue weighted by Crippen LogP contribution is -2.54. The van der Waals surface area contributed by atoms with Gasteiger partial charge >= 0.3 is 0 Å². The Balaban J connectivity index is 1.60. The zero-order valence-corrected chi connectivity index (χ0v) is 12.1. The van der Waals surface area contributed by atoms with Crippen molar-refractivity contribution in [3.05, 3.63) is 0 Å². The van der Waals surface area contributed by atoms with Crippen molar-refractivity contribution < 1.29 is 0 Å². The SMILES string of the molecule is CCN1CCC(N2CCC[C@@H]3CCCC[C@H]32)CC1. The molecule has 0 aromatic rings. The van der Waals surface area contributed by atoms with Crippen LogP contribution in [0.25, 0.3) is 0 Å². The van der Waals surface area contributed by atoms with E-state index in [0.29, 0.717) is 0 Å². The highest BCUT2D eigenvalue weighted by Crippen LogP contribution is 2.37. The van der Waals surface area contributed by atoms with Gasteiger partial charge in [0.1, 0.15) is 0 Å². The number of rotatable bonds is 2. The van der Waals surface area contributed by atoms with E-state index in [2.05, 4.69) is 16.7 Å². The molecule has 0 unspecified atom stereocenters. The lowest BCUT2D eigenvalue weighted by Gasteiger charge is -2.49. The zero-order valence-electron chi connectivity index (χ0n) is 12.1. The van der Waals surface area contributed by atoms with Gasteiger partial charge in [-0.2, -0.15) is 0 Å². The van der Waals surface area contributed by atoms with Crippen LogP contribution in [0.4, 0.5) is 0 Å². The van der Waals surface area contributed by atoms with Gasteiger partial charge in [0.2, 0.25) is 0 Å². The Bertz CT molecular complexity index is 256. The number of hydrogen-bond donors (Lipinski definition) is 0. The number of nitrogens with zero attached hydrogens (tertiary/aromatic N) is 2. The molecule has 2 heteroatoms. The van der Waals surface area contributed by atoms with Crippen molar-refractivity contribution in [3.8, 4) is 0 Å². The first-order valence-electron chi connectivity index (χ1n) is 8.36. The highest BCUT2D eigenvalue weighted by molar-refractivity contribution is 4.92. The molecule has 1 saturated carbocycles. The first-order chi connectivity index (χ1) is 8.88. The van der Waals surface area contributed by atoms with Crippen LogP contribution in [0.3, 0.4) is 0 Å². The van der Waals surface area contributed by atoms with Gasteiger partial charge in [0, 0.05) is 12.1 Å².